The molecule has 0 heterocycles. The molecule has 0 aliphatic heterocycles. The molecule has 0 aromatic rings. The van der Waals surface area contributed by atoms with Crippen LogP contribution in [0.5, 0.6) is 0 Å². The first kappa shape index (κ1) is 11.9. The summed E-state index contributed by atoms with van der Waals surface area (Å²) in [5.41, 5.74) is 0. The van der Waals surface area contributed by atoms with Crippen LogP contribution in [0.4, 0.5) is 8.78 Å². The lowest BCUT2D eigenvalue weighted by Gasteiger charge is -2.11. The van der Waals surface area contributed by atoms with Gasteiger partial charge in [0.1, 0.15) is 0 Å². The minimum absolute atomic E-state index is 0.629. The molecule has 0 fully saturated rings. The minimum atomic E-state index is -2.27. The number of thioether (sulfide) groups is 1. The van der Waals surface area contributed by atoms with Gasteiger partial charge in [-0.3, -0.25) is 0 Å². The number of alkyl halides is 2. The summed E-state index contributed by atoms with van der Waals surface area (Å²) in [6.45, 7) is 5.68. The molecule has 12 heavy (non-hydrogen) atoms. The summed E-state index contributed by atoms with van der Waals surface area (Å²) in [4.78, 5) is 0. The van der Waals surface area contributed by atoms with Gasteiger partial charge in [-0.25, -0.2) is 8.78 Å². The summed E-state index contributed by atoms with van der Waals surface area (Å²) in [7, 11) is 0. The van der Waals surface area contributed by atoms with Gasteiger partial charge in [-0.1, -0.05) is 6.08 Å². The van der Waals surface area contributed by atoms with Crippen molar-refractivity contribution < 1.29 is 8.78 Å². The third-order valence-electron chi connectivity index (χ3n) is 1.33. The fourth-order valence-corrected chi connectivity index (χ4v) is 1.21. The molecule has 1 atom stereocenters. The summed E-state index contributed by atoms with van der Waals surface area (Å²) < 4.78 is 23.8. The molecule has 4 heteroatoms. The second-order valence-electron chi connectivity index (χ2n) is 2.44. The van der Waals surface area contributed by atoms with Crippen LogP contribution < -0.4 is 5.32 Å². The van der Waals surface area contributed by atoms with Crippen molar-refractivity contribution in [2.45, 2.75) is 19.4 Å². The molecule has 0 spiro atoms. The maximum Gasteiger partial charge on any atom is 0.253 e. The highest BCUT2D eigenvalue weighted by atomic mass is 32.2. The average molecular weight is 195 g/mol. The molecule has 0 aromatic carbocycles. The van der Waals surface area contributed by atoms with Crippen molar-refractivity contribution in [3.63, 3.8) is 0 Å². The third kappa shape index (κ3) is 6.61. The van der Waals surface area contributed by atoms with Gasteiger partial charge in [0.2, 0.25) is 0 Å². The van der Waals surface area contributed by atoms with E-state index in [9.17, 15) is 8.78 Å². The number of nitrogens with one attached hydrogen (secondary N) is 1. The van der Waals surface area contributed by atoms with Gasteiger partial charge in [-0.05, 0) is 6.92 Å². The van der Waals surface area contributed by atoms with Crippen LogP contribution in [0.15, 0.2) is 12.7 Å². The van der Waals surface area contributed by atoms with Crippen LogP contribution >= 0.6 is 11.8 Å². The molecule has 1 unspecified atom stereocenters. The number of halogens is 2. The molecule has 0 radical (unpaired) electrons. The van der Waals surface area contributed by atoms with E-state index in [4.69, 9.17) is 0 Å². The largest absolute Gasteiger partial charge is 0.308 e. The highest BCUT2D eigenvalue weighted by Gasteiger charge is 2.12. The van der Waals surface area contributed by atoms with Crippen molar-refractivity contribution in [2.24, 2.45) is 0 Å². The summed E-state index contributed by atoms with van der Waals surface area (Å²) >= 11 is 1.68. The zero-order chi connectivity index (χ0) is 9.40. The Morgan fingerprint density at radius 3 is 2.75 bits per heavy atom. The number of rotatable bonds is 7. The molecule has 0 saturated heterocycles. The molecule has 0 saturated carbocycles. The fraction of sp³-hybridized carbons (Fsp3) is 0.750. The van der Waals surface area contributed by atoms with E-state index in [0.29, 0.717) is 6.54 Å². The highest BCUT2D eigenvalue weighted by Crippen LogP contribution is 2.01. The van der Waals surface area contributed by atoms with E-state index in [-0.39, 0.29) is 0 Å². The monoisotopic (exact) mass is 195 g/mol. The van der Waals surface area contributed by atoms with Crippen LogP contribution in [-0.4, -0.2) is 30.5 Å². The zero-order valence-electron chi connectivity index (χ0n) is 7.22. The Labute approximate surface area is 76.6 Å². The first-order valence-electron chi connectivity index (χ1n) is 3.88. The second-order valence-corrected chi connectivity index (χ2v) is 3.59. The quantitative estimate of drug-likeness (QED) is 0.493. The van der Waals surface area contributed by atoms with E-state index < -0.39 is 12.5 Å². The van der Waals surface area contributed by atoms with Gasteiger partial charge in [-0.2, -0.15) is 11.8 Å². The standard InChI is InChI=1S/C8H15F2NS/c1-3-5-12-6-4-11-7(2)8(9)10/h3,7-8,11H,1,4-6H2,2H3. The maximum absolute atomic E-state index is 11.9. The van der Waals surface area contributed by atoms with Gasteiger partial charge in [0, 0.05) is 18.1 Å². The van der Waals surface area contributed by atoms with Crippen molar-refractivity contribution >= 4 is 11.8 Å². The lowest BCUT2D eigenvalue weighted by atomic mass is 10.3. The fourth-order valence-electron chi connectivity index (χ4n) is 0.615. The van der Waals surface area contributed by atoms with Gasteiger partial charge in [-0.15, -0.1) is 6.58 Å². The first-order chi connectivity index (χ1) is 5.68. The van der Waals surface area contributed by atoms with Crippen molar-refractivity contribution in [1.29, 1.82) is 0 Å². The van der Waals surface area contributed by atoms with Crippen LogP contribution in [0, 0.1) is 0 Å². The SMILES string of the molecule is C=CCSCCNC(C)C(F)F. The molecule has 0 rings (SSSR count). The predicted octanol–water partition coefficient (Wildman–Crippen LogP) is 2.15. The average Bonchev–Trinajstić information content (AvgIpc) is 2.03. The Morgan fingerprint density at radius 1 is 1.58 bits per heavy atom. The Balaban J connectivity index is 3.13. The number of hydrogen-bond acceptors (Lipinski definition) is 2. The Morgan fingerprint density at radius 2 is 2.25 bits per heavy atom. The molecular weight excluding hydrogens is 180 g/mol. The normalized spacial score (nSPS) is 13.3. The van der Waals surface area contributed by atoms with Gasteiger partial charge >= 0.3 is 0 Å². The summed E-state index contributed by atoms with van der Waals surface area (Å²) in [5, 5.41) is 2.74. The molecule has 0 aliphatic carbocycles. The summed E-state index contributed by atoms with van der Waals surface area (Å²) in [5.74, 6) is 1.73. The van der Waals surface area contributed by atoms with Crippen LogP contribution in [0.2, 0.25) is 0 Å². The maximum atomic E-state index is 11.9. The van der Waals surface area contributed by atoms with Gasteiger partial charge in [0.05, 0.1) is 6.04 Å². The summed E-state index contributed by atoms with van der Waals surface area (Å²) in [6, 6.07) is -0.700. The molecule has 0 bridgehead atoms. The first-order valence-corrected chi connectivity index (χ1v) is 5.04. The number of hydrogen-bond donors (Lipinski definition) is 1. The van der Waals surface area contributed by atoms with Crippen molar-refractivity contribution in [3.8, 4) is 0 Å². The topological polar surface area (TPSA) is 12.0 Å². The smallest absolute Gasteiger partial charge is 0.253 e. The predicted molar refractivity (Wildman–Crippen MR) is 51.0 cm³/mol. The van der Waals surface area contributed by atoms with Gasteiger partial charge < -0.3 is 5.32 Å². The van der Waals surface area contributed by atoms with Crippen molar-refractivity contribution in [2.75, 3.05) is 18.1 Å². The Bertz CT molecular complexity index is 120. The van der Waals surface area contributed by atoms with Crippen LogP contribution in [0.1, 0.15) is 6.92 Å². The van der Waals surface area contributed by atoms with Crippen LogP contribution in [0.25, 0.3) is 0 Å². The molecule has 0 amide bonds. The molecule has 1 nitrogen and oxygen atoms in total. The van der Waals surface area contributed by atoms with E-state index in [1.165, 1.54) is 6.92 Å². The third-order valence-corrected chi connectivity index (χ3v) is 2.29. The summed E-state index contributed by atoms with van der Waals surface area (Å²) in [6.07, 6.45) is -0.462. The lowest BCUT2D eigenvalue weighted by molar-refractivity contribution is 0.107. The van der Waals surface area contributed by atoms with Crippen LogP contribution in [0.3, 0.4) is 0 Å². The molecule has 1 N–H and O–H groups in total. The molecule has 72 valence electrons. The molecule has 0 aliphatic rings. The van der Waals surface area contributed by atoms with Crippen molar-refractivity contribution in [3.05, 3.63) is 12.7 Å². The van der Waals surface area contributed by atoms with Crippen molar-refractivity contribution in [1.82, 2.24) is 5.32 Å². The second kappa shape index (κ2) is 7.55. The Hall–Kier alpha value is -0.0900. The Kier molecular flexibility index (Phi) is 7.50. The molecule has 0 aromatic heterocycles. The van der Waals surface area contributed by atoms with E-state index in [0.717, 1.165) is 11.5 Å². The minimum Gasteiger partial charge on any atom is -0.308 e. The highest BCUT2D eigenvalue weighted by molar-refractivity contribution is 7.99. The van der Waals surface area contributed by atoms with E-state index in [1.54, 1.807) is 17.8 Å². The lowest BCUT2D eigenvalue weighted by Crippen LogP contribution is -2.34. The van der Waals surface area contributed by atoms with Gasteiger partial charge in [0.15, 0.2) is 0 Å². The van der Waals surface area contributed by atoms with Gasteiger partial charge in [0.25, 0.3) is 6.43 Å². The van der Waals surface area contributed by atoms with E-state index in [1.807, 2.05) is 0 Å². The zero-order valence-corrected chi connectivity index (χ0v) is 8.04. The van der Waals surface area contributed by atoms with E-state index >= 15 is 0 Å². The van der Waals surface area contributed by atoms with E-state index in [2.05, 4.69) is 11.9 Å². The van der Waals surface area contributed by atoms with Crippen LogP contribution in [-0.2, 0) is 0 Å². The molecular formula is C8H15F2NS.